The molecule has 126 valence electrons. The van der Waals surface area contributed by atoms with Gasteiger partial charge in [0.25, 0.3) is 11.5 Å². The molecule has 2 heterocycles. The van der Waals surface area contributed by atoms with Crippen LogP contribution in [0.5, 0.6) is 5.75 Å². The number of hydrogen-bond donors (Lipinski definition) is 2. The zero-order valence-corrected chi connectivity index (χ0v) is 13.6. The van der Waals surface area contributed by atoms with Crippen molar-refractivity contribution in [2.45, 2.75) is 13.5 Å². The largest absolute Gasteiger partial charge is 0.507 e. The number of carbonyl (C=O) groups excluding carboxylic acids is 1. The second-order valence-electron chi connectivity index (χ2n) is 5.62. The van der Waals surface area contributed by atoms with Crippen molar-refractivity contribution >= 4 is 11.6 Å². The van der Waals surface area contributed by atoms with Gasteiger partial charge in [-0.25, -0.2) is 0 Å². The lowest BCUT2D eigenvalue weighted by Gasteiger charge is -2.13. The number of rotatable bonds is 4. The highest BCUT2D eigenvalue weighted by atomic mass is 16.3. The maximum Gasteiger partial charge on any atom is 0.267 e. The summed E-state index contributed by atoms with van der Waals surface area (Å²) in [5.74, 6) is -0.980. The van der Waals surface area contributed by atoms with Crippen molar-refractivity contribution in [2.75, 3.05) is 5.32 Å². The molecule has 3 rings (SSSR count). The standard InChI is InChI=1S/C19H17N3O3/c1-13-10-16(23)17(18(24)21-15-7-3-2-4-8-15)19(25)22(13)12-14-6-5-9-20-11-14/h2-11,23H,12H2,1H3,(H,21,24). The highest BCUT2D eigenvalue weighted by molar-refractivity contribution is 6.05. The van der Waals surface area contributed by atoms with Gasteiger partial charge < -0.3 is 15.0 Å². The topological polar surface area (TPSA) is 84.2 Å². The zero-order chi connectivity index (χ0) is 17.8. The Kier molecular flexibility index (Phi) is 4.61. The van der Waals surface area contributed by atoms with Gasteiger partial charge in [0.1, 0.15) is 11.3 Å². The average molecular weight is 335 g/mol. The number of nitrogens with one attached hydrogen (secondary N) is 1. The lowest BCUT2D eigenvalue weighted by Crippen LogP contribution is -2.31. The van der Waals surface area contributed by atoms with Gasteiger partial charge in [-0.2, -0.15) is 0 Å². The summed E-state index contributed by atoms with van der Waals surface area (Å²) < 4.78 is 1.44. The second kappa shape index (κ2) is 7.00. The van der Waals surface area contributed by atoms with Gasteiger partial charge in [0.15, 0.2) is 0 Å². The molecule has 0 aliphatic heterocycles. The minimum atomic E-state index is -0.645. The van der Waals surface area contributed by atoms with Gasteiger partial charge >= 0.3 is 0 Å². The summed E-state index contributed by atoms with van der Waals surface area (Å²) in [5, 5.41) is 12.8. The molecule has 2 aromatic heterocycles. The summed E-state index contributed by atoms with van der Waals surface area (Å²) in [6, 6.07) is 13.8. The first-order chi connectivity index (χ1) is 12.1. The number of anilines is 1. The van der Waals surface area contributed by atoms with Crippen LogP contribution in [0.1, 0.15) is 21.6 Å². The van der Waals surface area contributed by atoms with E-state index in [0.717, 1.165) is 5.56 Å². The molecule has 0 saturated carbocycles. The van der Waals surface area contributed by atoms with E-state index in [1.54, 1.807) is 49.6 Å². The van der Waals surface area contributed by atoms with Gasteiger partial charge in [-0.15, -0.1) is 0 Å². The van der Waals surface area contributed by atoms with Crippen molar-refractivity contribution in [3.05, 3.63) is 88.1 Å². The van der Waals surface area contributed by atoms with Crippen molar-refractivity contribution in [3.63, 3.8) is 0 Å². The predicted molar refractivity (Wildman–Crippen MR) is 94.8 cm³/mol. The average Bonchev–Trinajstić information content (AvgIpc) is 2.60. The molecule has 0 atom stereocenters. The number of aromatic nitrogens is 2. The molecule has 0 aliphatic rings. The van der Waals surface area contributed by atoms with Gasteiger partial charge in [0.2, 0.25) is 0 Å². The summed E-state index contributed by atoms with van der Waals surface area (Å²) in [4.78, 5) is 29.3. The number of para-hydroxylation sites is 1. The number of pyridine rings is 2. The van der Waals surface area contributed by atoms with Crippen molar-refractivity contribution in [2.24, 2.45) is 0 Å². The molecular formula is C19H17N3O3. The fourth-order valence-corrected chi connectivity index (χ4v) is 2.55. The van der Waals surface area contributed by atoms with Crippen LogP contribution in [0.15, 0.2) is 65.7 Å². The molecular weight excluding hydrogens is 318 g/mol. The van der Waals surface area contributed by atoms with Crippen LogP contribution in [0, 0.1) is 6.92 Å². The maximum absolute atomic E-state index is 12.8. The van der Waals surface area contributed by atoms with Gasteiger partial charge in [-0.3, -0.25) is 14.6 Å². The second-order valence-corrected chi connectivity index (χ2v) is 5.62. The first kappa shape index (κ1) is 16.4. The molecule has 6 nitrogen and oxygen atoms in total. The lowest BCUT2D eigenvalue weighted by atomic mass is 10.1. The van der Waals surface area contributed by atoms with Gasteiger partial charge in [0, 0.05) is 29.8 Å². The van der Waals surface area contributed by atoms with E-state index in [4.69, 9.17) is 0 Å². The molecule has 0 spiro atoms. The third kappa shape index (κ3) is 3.58. The number of benzene rings is 1. The third-order valence-corrected chi connectivity index (χ3v) is 3.81. The van der Waals surface area contributed by atoms with Gasteiger partial charge in [0.05, 0.1) is 6.54 Å². The van der Waals surface area contributed by atoms with Crippen molar-refractivity contribution in [3.8, 4) is 5.75 Å². The molecule has 3 aromatic rings. The molecule has 1 aromatic carbocycles. The van der Waals surface area contributed by atoms with E-state index in [1.807, 2.05) is 12.1 Å². The van der Waals surface area contributed by atoms with E-state index in [1.165, 1.54) is 10.6 Å². The van der Waals surface area contributed by atoms with Crippen LogP contribution in [0.2, 0.25) is 0 Å². The fourth-order valence-electron chi connectivity index (χ4n) is 2.55. The smallest absolute Gasteiger partial charge is 0.267 e. The molecule has 0 saturated heterocycles. The van der Waals surface area contributed by atoms with Crippen LogP contribution in [-0.2, 0) is 6.54 Å². The van der Waals surface area contributed by atoms with Crippen LogP contribution < -0.4 is 10.9 Å². The number of nitrogens with zero attached hydrogens (tertiary/aromatic N) is 2. The highest BCUT2D eigenvalue weighted by Crippen LogP contribution is 2.17. The Bertz CT molecular complexity index is 951. The number of hydrogen-bond acceptors (Lipinski definition) is 4. The molecule has 0 aliphatic carbocycles. The van der Waals surface area contributed by atoms with Crippen LogP contribution >= 0.6 is 0 Å². The number of carbonyl (C=O) groups is 1. The summed E-state index contributed by atoms with van der Waals surface area (Å²) in [5.41, 5.74) is 1.11. The minimum absolute atomic E-state index is 0.268. The first-order valence-electron chi connectivity index (χ1n) is 7.75. The summed E-state index contributed by atoms with van der Waals surface area (Å²) >= 11 is 0. The Morgan fingerprint density at radius 2 is 1.96 bits per heavy atom. The number of aromatic hydroxyl groups is 1. The normalized spacial score (nSPS) is 10.4. The highest BCUT2D eigenvalue weighted by Gasteiger charge is 2.20. The fraction of sp³-hybridized carbons (Fsp3) is 0.105. The van der Waals surface area contributed by atoms with Gasteiger partial charge in [-0.05, 0) is 30.7 Å². The molecule has 6 heteroatoms. The Hall–Kier alpha value is -3.41. The van der Waals surface area contributed by atoms with Crippen LogP contribution in [-0.4, -0.2) is 20.6 Å². The quantitative estimate of drug-likeness (QED) is 0.767. The molecule has 1 amide bonds. The molecule has 25 heavy (non-hydrogen) atoms. The van der Waals surface area contributed by atoms with Crippen molar-refractivity contribution < 1.29 is 9.90 Å². The maximum atomic E-state index is 12.8. The number of amides is 1. The summed E-state index contributed by atoms with van der Waals surface area (Å²) in [6.45, 7) is 1.97. The Labute approximate surface area is 144 Å². The Morgan fingerprint density at radius 3 is 2.64 bits per heavy atom. The van der Waals surface area contributed by atoms with Crippen LogP contribution in [0.4, 0.5) is 5.69 Å². The Balaban J connectivity index is 1.98. The predicted octanol–water partition coefficient (Wildman–Crippen LogP) is 2.56. The van der Waals surface area contributed by atoms with Gasteiger partial charge in [-0.1, -0.05) is 24.3 Å². The van der Waals surface area contributed by atoms with E-state index >= 15 is 0 Å². The van der Waals surface area contributed by atoms with E-state index in [9.17, 15) is 14.7 Å². The molecule has 0 fully saturated rings. The zero-order valence-electron chi connectivity index (χ0n) is 13.6. The first-order valence-corrected chi connectivity index (χ1v) is 7.75. The van der Waals surface area contributed by atoms with Crippen molar-refractivity contribution in [1.82, 2.24) is 9.55 Å². The number of aryl methyl sites for hydroxylation is 1. The third-order valence-electron chi connectivity index (χ3n) is 3.81. The molecule has 0 radical (unpaired) electrons. The monoisotopic (exact) mass is 335 g/mol. The summed E-state index contributed by atoms with van der Waals surface area (Å²) in [7, 11) is 0. The van der Waals surface area contributed by atoms with E-state index < -0.39 is 11.5 Å². The lowest BCUT2D eigenvalue weighted by molar-refractivity contribution is 0.102. The molecule has 0 unspecified atom stereocenters. The molecule has 2 N–H and O–H groups in total. The van der Waals surface area contributed by atoms with E-state index in [2.05, 4.69) is 10.3 Å². The minimum Gasteiger partial charge on any atom is -0.507 e. The summed E-state index contributed by atoms with van der Waals surface area (Å²) in [6.07, 6.45) is 3.30. The SMILES string of the molecule is Cc1cc(O)c(C(=O)Nc2ccccc2)c(=O)n1Cc1cccnc1. The van der Waals surface area contributed by atoms with Crippen LogP contribution in [0.25, 0.3) is 0 Å². The van der Waals surface area contributed by atoms with Crippen molar-refractivity contribution in [1.29, 1.82) is 0 Å². The molecule has 0 bridgehead atoms. The van der Waals surface area contributed by atoms with E-state index in [0.29, 0.717) is 11.4 Å². The van der Waals surface area contributed by atoms with E-state index in [-0.39, 0.29) is 17.9 Å². The Morgan fingerprint density at radius 1 is 1.20 bits per heavy atom. The van der Waals surface area contributed by atoms with Crippen LogP contribution in [0.3, 0.4) is 0 Å².